The molecule has 0 spiro atoms. The monoisotopic (exact) mass is 536 g/mol. The number of anilines is 1. The molecule has 0 radical (unpaired) electrons. The van der Waals surface area contributed by atoms with Crippen LogP contribution in [0.1, 0.15) is 12.8 Å². The lowest BCUT2D eigenvalue weighted by atomic mass is 10.0. The minimum absolute atomic E-state index is 0. The van der Waals surface area contributed by atoms with Crippen molar-refractivity contribution in [2.75, 3.05) is 33.8 Å². The molecule has 1 atom stereocenters. The van der Waals surface area contributed by atoms with Crippen molar-refractivity contribution < 1.29 is 46.7 Å². The van der Waals surface area contributed by atoms with Gasteiger partial charge in [0.1, 0.15) is 5.75 Å². The van der Waals surface area contributed by atoms with Gasteiger partial charge in [0.15, 0.2) is 17.5 Å². The number of hydrogen-bond donors (Lipinski definition) is 3. The summed E-state index contributed by atoms with van der Waals surface area (Å²) in [4.78, 5) is 23.7. The van der Waals surface area contributed by atoms with E-state index < -0.39 is 11.9 Å². The number of ether oxygens (including phenoxy) is 4. The summed E-state index contributed by atoms with van der Waals surface area (Å²) >= 11 is 1.30. The van der Waals surface area contributed by atoms with Gasteiger partial charge in [-0.15, -0.1) is 0 Å². The third-order valence-corrected chi connectivity index (χ3v) is 6.02. The molecule has 194 valence electrons. The molecule has 3 rings (SSSR count). The van der Waals surface area contributed by atoms with Gasteiger partial charge in [-0.25, -0.2) is 0 Å². The van der Waals surface area contributed by atoms with Crippen LogP contribution >= 0.6 is 11.5 Å². The van der Waals surface area contributed by atoms with Gasteiger partial charge in [0.05, 0.1) is 39.8 Å². The number of halogens is 1. The van der Waals surface area contributed by atoms with Gasteiger partial charge in [0.2, 0.25) is 11.7 Å². The molecule has 0 bridgehead atoms. The number of nitrogens with zero attached hydrogens (tertiary/aromatic N) is 1. The first-order valence-corrected chi connectivity index (χ1v) is 11.5. The maximum Gasteiger partial charge on any atom is 0.282 e. The Balaban J connectivity index is 0.00000456. The van der Waals surface area contributed by atoms with Gasteiger partial charge in [0, 0.05) is 29.3 Å². The van der Waals surface area contributed by atoms with Crippen LogP contribution in [0.25, 0.3) is 22.4 Å². The average molecular weight is 537 g/mol. The van der Waals surface area contributed by atoms with Crippen molar-refractivity contribution in [3.63, 3.8) is 0 Å². The highest BCUT2D eigenvalue weighted by molar-refractivity contribution is 7.04. The Bertz CT molecular complexity index is 1190. The van der Waals surface area contributed by atoms with E-state index >= 15 is 0 Å². The van der Waals surface area contributed by atoms with E-state index in [-0.39, 0.29) is 31.2 Å². The zero-order chi connectivity index (χ0) is 25.5. The fourth-order valence-electron chi connectivity index (χ4n) is 3.52. The molecule has 6 N–H and O–H groups in total. The lowest BCUT2D eigenvalue weighted by Gasteiger charge is -2.15. The van der Waals surface area contributed by atoms with E-state index in [0.29, 0.717) is 34.4 Å². The lowest BCUT2D eigenvalue weighted by Crippen LogP contribution is -3.00. The van der Waals surface area contributed by atoms with E-state index in [2.05, 4.69) is 15.4 Å². The van der Waals surface area contributed by atoms with Crippen LogP contribution in [0.2, 0.25) is 0 Å². The predicted octanol–water partition coefficient (Wildman–Crippen LogP) is -0.670. The van der Waals surface area contributed by atoms with Gasteiger partial charge >= 0.3 is 0 Å². The third kappa shape index (κ3) is 6.36. The van der Waals surface area contributed by atoms with Gasteiger partial charge in [0.25, 0.3) is 5.91 Å². The minimum atomic E-state index is -0.645. The van der Waals surface area contributed by atoms with Crippen molar-refractivity contribution in [2.45, 2.75) is 18.9 Å². The summed E-state index contributed by atoms with van der Waals surface area (Å²) in [5, 5.41) is 4.77. The Morgan fingerprint density at radius 1 is 1.00 bits per heavy atom. The number of primary amides is 1. The number of carbonyl (C=O) groups is 2. The second-order valence-electron chi connectivity index (χ2n) is 7.60. The van der Waals surface area contributed by atoms with Crippen LogP contribution in [0.15, 0.2) is 35.7 Å². The second-order valence-corrected chi connectivity index (χ2v) is 8.23. The highest BCUT2D eigenvalue weighted by Gasteiger charge is 2.22. The predicted molar refractivity (Wildman–Crippen MR) is 133 cm³/mol. The molecule has 12 heteroatoms. The molecule has 0 aliphatic carbocycles. The van der Waals surface area contributed by atoms with E-state index in [1.165, 1.54) is 18.6 Å². The van der Waals surface area contributed by atoms with Gasteiger partial charge in [-0.05, 0) is 41.4 Å². The van der Waals surface area contributed by atoms with Crippen molar-refractivity contribution in [3.05, 3.63) is 35.7 Å². The number of hydrogen-bond acceptors (Lipinski definition) is 8. The third-order valence-electron chi connectivity index (χ3n) is 5.39. The lowest BCUT2D eigenvalue weighted by molar-refractivity contribution is -0.403. The standard InChI is InChI=1S/C24H28N4O6S.ClH/c1-31-18-7-5-13(9-17(18)27-24(30)16(25)6-8-21(26)29)15-12-35-28-22(15)14-10-19(32-2)23(34-4)20(11-14)33-3;/h5,7,9-12,16H,6,8,25H2,1-4H3,(H2,26,29)(H,27,30);1H/t16-;/m1./s1. The summed E-state index contributed by atoms with van der Waals surface area (Å²) < 4.78 is 26.4. The number of amides is 2. The van der Waals surface area contributed by atoms with Gasteiger partial charge in [-0.3, -0.25) is 9.59 Å². The molecule has 0 saturated heterocycles. The number of nitrogens with two attached hydrogens (primary N) is 1. The number of methoxy groups -OCH3 is 4. The fraction of sp³-hybridized carbons (Fsp3) is 0.292. The van der Waals surface area contributed by atoms with Crippen molar-refractivity contribution in [1.29, 1.82) is 0 Å². The second kappa shape index (κ2) is 13.0. The average Bonchev–Trinajstić information content (AvgIpc) is 3.36. The van der Waals surface area contributed by atoms with Crippen LogP contribution in [-0.4, -0.2) is 50.7 Å². The summed E-state index contributed by atoms with van der Waals surface area (Å²) in [6.07, 6.45) is 0.334. The van der Waals surface area contributed by atoms with Crippen molar-refractivity contribution in [1.82, 2.24) is 4.37 Å². The number of benzene rings is 2. The first-order valence-electron chi connectivity index (χ1n) is 10.7. The molecule has 2 amide bonds. The van der Waals surface area contributed by atoms with E-state index in [4.69, 9.17) is 24.7 Å². The Morgan fingerprint density at radius 2 is 1.64 bits per heavy atom. The number of quaternary nitrogens is 1. The highest BCUT2D eigenvalue weighted by Crippen LogP contribution is 2.44. The van der Waals surface area contributed by atoms with E-state index in [9.17, 15) is 9.59 Å². The quantitative estimate of drug-likeness (QED) is 0.294. The Morgan fingerprint density at radius 3 is 2.19 bits per heavy atom. The number of nitrogens with one attached hydrogen (secondary N) is 1. The molecule has 36 heavy (non-hydrogen) atoms. The summed E-state index contributed by atoms with van der Waals surface area (Å²) in [7, 11) is 6.18. The molecule has 0 unspecified atom stereocenters. The highest BCUT2D eigenvalue weighted by atomic mass is 35.5. The Kier molecular flexibility index (Phi) is 10.3. The van der Waals surface area contributed by atoms with E-state index in [0.717, 1.165) is 16.7 Å². The first kappa shape index (κ1) is 28.7. The van der Waals surface area contributed by atoms with E-state index in [1.807, 2.05) is 29.6 Å². The van der Waals surface area contributed by atoms with Crippen molar-refractivity contribution in [3.8, 4) is 45.4 Å². The van der Waals surface area contributed by atoms with Crippen molar-refractivity contribution >= 4 is 29.0 Å². The molecule has 2 aromatic carbocycles. The van der Waals surface area contributed by atoms with Gasteiger partial charge in [-0.2, -0.15) is 4.37 Å². The van der Waals surface area contributed by atoms with Crippen LogP contribution in [0.3, 0.4) is 0 Å². The summed E-state index contributed by atoms with van der Waals surface area (Å²) in [6, 6.07) is 8.48. The maximum atomic E-state index is 12.6. The molecule has 0 aliphatic heterocycles. The van der Waals surface area contributed by atoms with Gasteiger partial charge < -0.3 is 48.1 Å². The summed E-state index contributed by atoms with van der Waals surface area (Å²) in [5.41, 5.74) is 12.7. The first-order chi connectivity index (χ1) is 16.8. The number of aromatic nitrogens is 1. The molecule has 3 aromatic rings. The van der Waals surface area contributed by atoms with Crippen LogP contribution < -0.4 is 48.1 Å². The van der Waals surface area contributed by atoms with Crippen LogP contribution in [0.5, 0.6) is 23.0 Å². The molecule has 0 aliphatic rings. The molecular weight excluding hydrogens is 508 g/mol. The Hall–Kier alpha value is -3.54. The topological polar surface area (TPSA) is 150 Å². The molecule has 10 nitrogen and oxygen atoms in total. The molecule has 0 fully saturated rings. The SMILES string of the molecule is COc1ccc(-c2csnc2-c2cc(OC)c(OC)c(OC)c2)cc1NC(=O)[C@H]([NH3+])CCC(N)=O.[Cl-]. The molecule has 1 aromatic heterocycles. The van der Waals surface area contributed by atoms with Crippen LogP contribution in [0.4, 0.5) is 5.69 Å². The summed E-state index contributed by atoms with van der Waals surface area (Å²) in [6.45, 7) is 0. The zero-order valence-electron chi connectivity index (χ0n) is 20.4. The van der Waals surface area contributed by atoms with Crippen LogP contribution in [-0.2, 0) is 9.59 Å². The fourth-order valence-corrected chi connectivity index (χ4v) is 4.24. The van der Waals surface area contributed by atoms with Gasteiger partial charge in [-0.1, -0.05) is 6.07 Å². The van der Waals surface area contributed by atoms with E-state index in [1.54, 1.807) is 27.4 Å². The van der Waals surface area contributed by atoms with Crippen LogP contribution in [0, 0.1) is 0 Å². The molecule has 0 saturated carbocycles. The number of rotatable bonds is 11. The normalized spacial score (nSPS) is 11.1. The molecular formula is C24H29ClN4O6S. The smallest absolute Gasteiger partial charge is 0.282 e. The molecule has 1 heterocycles. The number of carbonyl (C=O) groups excluding carboxylic acids is 2. The maximum absolute atomic E-state index is 12.6. The largest absolute Gasteiger partial charge is 1.00 e. The summed E-state index contributed by atoms with van der Waals surface area (Å²) in [5.74, 6) is 1.19. The van der Waals surface area contributed by atoms with Crippen molar-refractivity contribution in [2.24, 2.45) is 5.73 Å². The minimum Gasteiger partial charge on any atom is -1.00 e. The zero-order valence-corrected chi connectivity index (χ0v) is 22.0. The Labute approximate surface area is 219 Å².